The monoisotopic (exact) mass is 473 g/mol. The summed E-state index contributed by atoms with van der Waals surface area (Å²) in [6.45, 7) is 0.915. The molecule has 1 N–H and O–H groups in total. The Bertz CT molecular complexity index is 1020. The number of anilines is 2. The van der Waals surface area contributed by atoms with Crippen molar-refractivity contribution in [2.75, 3.05) is 16.8 Å². The number of hydrogen-bond acceptors (Lipinski definition) is 4. The number of ether oxygens (including phenoxy) is 1. The van der Waals surface area contributed by atoms with E-state index in [0.29, 0.717) is 42.9 Å². The summed E-state index contributed by atoms with van der Waals surface area (Å²) in [4.78, 5) is 18.2. The number of halogens is 6. The lowest BCUT2D eigenvalue weighted by Crippen LogP contribution is -2.37. The number of rotatable bonds is 6. The maximum atomic E-state index is 14.7. The molecule has 0 unspecified atom stereocenters. The first-order valence-electron chi connectivity index (χ1n) is 10.4. The maximum Gasteiger partial charge on any atom is 0.573 e. The highest BCUT2D eigenvalue weighted by atomic mass is 19.4. The number of aryl methyl sites for hydroxylation is 1. The third-order valence-electron chi connectivity index (χ3n) is 5.65. The van der Waals surface area contributed by atoms with Gasteiger partial charge in [-0.05, 0) is 36.5 Å². The average molecular weight is 473 g/mol. The third kappa shape index (κ3) is 5.88. The van der Waals surface area contributed by atoms with Crippen molar-refractivity contribution in [3.8, 4) is 5.75 Å². The molecule has 0 saturated heterocycles. The third-order valence-corrected chi connectivity index (χ3v) is 5.65. The zero-order valence-corrected chi connectivity index (χ0v) is 17.4. The summed E-state index contributed by atoms with van der Waals surface area (Å²) >= 11 is 0. The van der Waals surface area contributed by atoms with Gasteiger partial charge in [0.05, 0.1) is 11.4 Å². The lowest BCUT2D eigenvalue weighted by molar-refractivity contribution is -0.274. The Morgan fingerprint density at radius 1 is 1.21 bits per heavy atom. The number of pyridine rings is 1. The second-order valence-electron chi connectivity index (χ2n) is 8.38. The number of fused-ring (bicyclic) bond motifs is 1. The molecule has 0 atom stereocenters. The average Bonchev–Trinajstić information content (AvgIpc) is 2.68. The van der Waals surface area contributed by atoms with Gasteiger partial charge in [0.15, 0.2) is 11.6 Å². The molecule has 5 nitrogen and oxygen atoms in total. The molecule has 2 aromatic rings. The van der Waals surface area contributed by atoms with E-state index in [1.54, 1.807) is 0 Å². The summed E-state index contributed by atoms with van der Waals surface area (Å²) in [6.07, 6.45) is -4.31. The van der Waals surface area contributed by atoms with Gasteiger partial charge in [-0.25, -0.2) is 18.2 Å². The summed E-state index contributed by atoms with van der Waals surface area (Å²) < 4.78 is 81.3. The van der Waals surface area contributed by atoms with Gasteiger partial charge in [-0.3, -0.25) is 4.79 Å². The van der Waals surface area contributed by atoms with Crippen LogP contribution in [-0.4, -0.2) is 29.7 Å². The minimum absolute atomic E-state index is 0.117. The van der Waals surface area contributed by atoms with Crippen LogP contribution in [0.3, 0.4) is 0 Å². The number of hydrogen-bond donors (Lipinski definition) is 1. The molecule has 4 rings (SSSR count). The van der Waals surface area contributed by atoms with E-state index < -0.39 is 29.9 Å². The molecule has 1 saturated carbocycles. The second kappa shape index (κ2) is 8.75. The van der Waals surface area contributed by atoms with Gasteiger partial charge in [0.25, 0.3) is 0 Å². The Morgan fingerprint density at radius 3 is 2.55 bits per heavy atom. The topological polar surface area (TPSA) is 54.5 Å². The highest BCUT2D eigenvalue weighted by molar-refractivity contribution is 5.90. The fraction of sp³-hybridized carbons (Fsp3) is 0.455. The molecule has 0 radical (unpaired) electrons. The van der Waals surface area contributed by atoms with Crippen molar-refractivity contribution in [2.45, 2.75) is 50.9 Å². The van der Waals surface area contributed by atoms with Crippen LogP contribution in [0.4, 0.5) is 37.8 Å². The normalized spacial score (nSPS) is 17.8. The highest BCUT2D eigenvalue weighted by Gasteiger charge is 2.45. The number of nitrogens with zero attached hydrogens (tertiary/aromatic N) is 2. The Kier molecular flexibility index (Phi) is 6.15. The SMILES string of the molecule is O=C(CC1CC(F)(F)C1)Nc1nc2c(cc1F)N(Cc1ccc(OC(F)(F)F)cc1)CCC2. The number of amides is 1. The molecular formula is C22H21F6N3O2. The molecule has 2 aliphatic rings. The molecule has 178 valence electrons. The van der Waals surface area contributed by atoms with Gasteiger partial charge in [0.1, 0.15) is 5.75 Å². The summed E-state index contributed by atoms with van der Waals surface area (Å²) in [5.41, 5.74) is 1.81. The van der Waals surface area contributed by atoms with Gasteiger partial charge in [-0.15, -0.1) is 13.2 Å². The van der Waals surface area contributed by atoms with Crippen LogP contribution in [-0.2, 0) is 17.8 Å². The van der Waals surface area contributed by atoms with E-state index >= 15 is 0 Å². The maximum absolute atomic E-state index is 14.7. The van der Waals surface area contributed by atoms with Crippen LogP contribution < -0.4 is 15.0 Å². The molecule has 11 heteroatoms. The molecule has 1 fully saturated rings. The van der Waals surface area contributed by atoms with Crippen LogP contribution >= 0.6 is 0 Å². The number of nitrogens with one attached hydrogen (secondary N) is 1. The fourth-order valence-electron chi connectivity index (χ4n) is 4.18. The van der Waals surface area contributed by atoms with Crippen molar-refractivity contribution in [1.29, 1.82) is 0 Å². The number of carbonyl (C=O) groups is 1. The van der Waals surface area contributed by atoms with E-state index in [1.807, 2.05) is 4.90 Å². The van der Waals surface area contributed by atoms with E-state index in [9.17, 15) is 31.1 Å². The van der Waals surface area contributed by atoms with Crippen LogP contribution in [0.1, 0.15) is 36.9 Å². The van der Waals surface area contributed by atoms with Crippen molar-refractivity contribution >= 4 is 17.4 Å². The van der Waals surface area contributed by atoms with Crippen LogP contribution in [0.15, 0.2) is 30.3 Å². The summed E-state index contributed by atoms with van der Waals surface area (Å²) in [5, 5.41) is 2.38. The summed E-state index contributed by atoms with van der Waals surface area (Å²) in [5.74, 6) is -5.03. The Hall–Kier alpha value is -2.98. The summed E-state index contributed by atoms with van der Waals surface area (Å²) in [7, 11) is 0. The summed E-state index contributed by atoms with van der Waals surface area (Å²) in [6, 6.07) is 6.68. The Balaban J connectivity index is 1.42. The molecule has 1 aliphatic carbocycles. The minimum Gasteiger partial charge on any atom is -0.406 e. The zero-order chi connectivity index (χ0) is 23.8. The zero-order valence-electron chi connectivity index (χ0n) is 17.4. The second-order valence-corrected chi connectivity index (χ2v) is 8.38. The van der Waals surface area contributed by atoms with Crippen molar-refractivity contribution in [3.63, 3.8) is 0 Å². The van der Waals surface area contributed by atoms with Gasteiger partial charge in [-0.1, -0.05) is 12.1 Å². The molecule has 1 aromatic carbocycles. The number of aromatic nitrogens is 1. The van der Waals surface area contributed by atoms with Gasteiger partial charge in [0.2, 0.25) is 11.8 Å². The number of carbonyl (C=O) groups excluding carboxylic acids is 1. The lowest BCUT2D eigenvalue weighted by Gasteiger charge is -2.34. The van der Waals surface area contributed by atoms with E-state index in [2.05, 4.69) is 15.0 Å². The van der Waals surface area contributed by atoms with Gasteiger partial charge in [0, 0.05) is 38.4 Å². The van der Waals surface area contributed by atoms with E-state index in [-0.39, 0.29) is 30.8 Å². The van der Waals surface area contributed by atoms with Crippen LogP contribution in [0.2, 0.25) is 0 Å². The highest BCUT2D eigenvalue weighted by Crippen LogP contribution is 2.44. The van der Waals surface area contributed by atoms with Crippen molar-refractivity contribution in [2.24, 2.45) is 5.92 Å². The molecular weight excluding hydrogens is 452 g/mol. The first-order chi connectivity index (χ1) is 15.5. The van der Waals surface area contributed by atoms with Gasteiger partial charge >= 0.3 is 6.36 Å². The molecule has 1 amide bonds. The van der Waals surface area contributed by atoms with E-state index in [4.69, 9.17) is 0 Å². The minimum atomic E-state index is -4.77. The molecule has 0 bridgehead atoms. The predicted molar refractivity (Wildman–Crippen MR) is 108 cm³/mol. The molecule has 0 spiro atoms. The van der Waals surface area contributed by atoms with E-state index in [0.717, 1.165) is 0 Å². The molecule has 33 heavy (non-hydrogen) atoms. The predicted octanol–water partition coefficient (Wildman–Crippen LogP) is 5.45. The van der Waals surface area contributed by atoms with Crippen molar-refractivity contribution in [1.82, 2.24) is 4.98 Å². The lowest BCUT2D eigenvalue weighted by atomic mass is 9.79. The standard InChI is InChI=1S/C22H21F6N3O2/c23-16-9-18-17(29-20(16)30-19(32)8-14-10-21(24,25)11-14)2-1-7-31(18)12-13-3-5-15(6-4-13)33-22(26,27)28/h3-6,9,14H,1-2,7-8,10-12H2,(H,29,30,32). The molecule has 1 aliphatic heterocycles. The largest absolute Gasteiger partial charge is 0.573 e. The quantitative estimate of drug-likeness (QED) is 0.568. The van der Waals surface area contributed by atoms with Crippen LogP contribution in [0.5, 0.6) is 5.75 Å². The van der Waals surface area contributed by atoms with E-state index in [1.165, 1.54) is 30.3 Å². The van der Waals surface area contributed by atoms with Crippen LogP contribution in [0.25, 0.3) is 0 Å². The molecule has 2 heterocycles. The first-order valence-corrected chi connectivity index (χ1v) is 10.4. The number of alkyl halides is 5. The van der Waals surface area contributed by atoms with Gasteiger partial charge in [-0.2, -0.15) is 0 Å². The number of benzene rings is 1. The van der Waals surface area contributed by atoms with Gasteiger partial charge < -0.3 is 15.0 Å². The molecule has 1 aromatic heterocycles. The van der Waals surface area contributed by atoms with Crippen molar-refractivity contribution in [3.05, 3.63) is 47.4 Å². The smallest absolute Gasteiger partial charge is 0.406 e. The fourth-order valence-corrected chi connectivity index (χ4v) is 4.18. The Morgan fingerprint density at radius 2 is 1.91 bits per heavy atom. The van der Waals surface area contributed by atoms with Crippen LogP contribution in [0, 0.1) is 11.7 Å². The first kappa shape index (κ1) is 23.2. The Labute approximate surface area is 185 Å². The van der Waals surface area contributed by atoms with Crippen molar-refractivity contribution < 1.29 is 35.9 Å².